The molecular weight excluding hydrogens is 402 g/mol. The molecule has 1 saturated heterocycles. The molecule has 1 N–H and O–H groups in total. The van der Waals surface area contributed by atoms with E-state index in [1.165, 1.54) is 10.5 Å². The van der Waals surface area contributed by atoms with Gasteiger partial charge in [-0.05, 0) is 67.9 Å². The molecule has 2 aromatic carbocycles. The number of sulfonamides is 1. The number of benzene rings is 2. The van der Waals surface area contributed by atoms with Gasteiger partial charge in [-0.3, -0.25) is 4.90 Å². The summed E-state index contributed by atoms with van der Waals surface area (Å²) in [6.45, 7) is 3.00. The zero-order valence-electron chi connectivity index (χ0n) is 15.7. The Bertz CT molecular complexity index is 914. The Balaban J connectivity index is 1.51. The Morgan fingerprint density at radius 1 is 1.11 bits per heavy atom. The van der Waals surface area contributed by atoms with E-state index >= 15 is 0 Å². The standard InChI is InChI=1S/C20H24F2N2O2S2/c1-27-20-5-3-2-4-16(20)14-24-10-8-15(9-11-24)13-23-28(25,26)17-6-7-18(21)19(22)12-17/h2-7,12,15,23H,8-11,13-14H2,1H3. The fourth-order valence-corrected chi connectivity index (χ4v) is 5.12. The van der Waals surface area contributed by atoms with Crippen LogP contribution in [0.25, 0.3) is 0 Å². The summed E-state index contributed by atoms with van der Waals surface area (Å²) < 4.78 is 53.5. The van der Waals surface area contributed by atoms with Crippen LogP contribution in [0, 0.1) is 17.6 Å². The summed E-state index contributed by atoms with van der Waals surface area (Å²) in [5.74, 6) is -2.00. The van der Waals surface area contributed by atoms with Gasteiger partial charge < -0.3 is 0 Å². The molecule has 1 fully saturated rings. The summed E-state index contributed by atoms with van der Waals surface area (Å²) in [6.07, 6.45) is 3.85. The van der Waals surface area contributed by atoms with Crippen molar-refractivity contribution in [3.63, 3.8) is 0 Å². The predicted octanol–water partition coefficient (Wildman–Crippen LogP) is 3.88. The molecule has 1 aliphatic heterocycles. The topological polar surface area (TPSA) is 49.4 Å². The first-order valence-corrected chi connectivity index (χ1v) is 11.9. The van der Waals surface area contributed by atoms with Crippen LogP contribution in [0.2, 0.25) is 0 Å². The number of halogens is 2. The first-order valence-electron chi connectivity index (χ1n) is 9.18. The van der Waals surface area contributed by atoms with Gasteiger partial charge in [0.25, 0.3) is 0 Å². The van der Waals surface area contributed by atoms with Gasteiger partial charge in [0, 0.05) is 18.0 Å². The highest BCUT2D eigenvalue weighted by atomic mass is 32.2. The maximum Gasteiger partial charge on any atom is 0.240 e. The number of nitrogens with zero attached hydrogens (tertiary/aromatic N) is 1. The van der Waals surface area contributed by atoms with E-state index in [0.29, 0.717) is 12.6 Å². The van der Waals surface area contributed by atoms with Crippen molar-refractivity contribution in [1.82, 2.24) is 9.62 Å². The van der Waals surface area contributed by atoms with Gasteiger partial charge in [0.1, 0.15) is 0 Å². The third-order valence-corrected chi connectivity index (χ3v) is 7.32. The molecule has 8 heteroatoms. The highest BCUT2D eigenvalue weighted by molar-refractivity contribution is 7.98. The Morgan fingerprint density at radius 2 is 1.82 bits per heavy atom. The average molecular weight is 427 g/mol. The lowest BCUT2D eigenvalue weighted by molar-refractivity contribution is 0.177. The van der Waals surface area contributed by atoms with Crippen LogP contribution in [-0.2, 0) is 16.6 Å². The molecule has 3 rings (SSSR count). The Labute approximate surface area is 169 Å². The van der Waals surface area contributed by atoms with Crippen molar-refractivity contribution >= 4 is 21.8 Å². The third-order valence-electron chi connectivity index (χ3n) is 5.06. The third kappa shape index (κ3) is 5.31. The van der Waals surface area contributed by atoms with Crippen molar-refractivity contribution in [3.8, 4) is 0 Å². The molecule has 0 aliphatic carbocycles. The second kappa shape index (κ2) is 9.35. The van der Waals surface area contributed by atoms with Crippen LogP contribution in [0.1, 0.15) is 18.4 Å². The highest BCUT2D eigenvalue weighted by Gasteiger charge is 2.23. The van der Waals surface area contributed by atoms with E-state index < -0.39 is 21.7 Å². The number of hydrogen-bond donors (Lipinski definition) is 1. The van der Waals surface area contributed by atoms with E-state index in [2.05, 4.69) is 34.1 Å². The lowest BCUT2D eigenvalue weighted by Gasteiger charge is -2.32. The summed E-state index contributed by atoms with van der Waals surface area (Å²) in [6, 6.07) is 11.0. The summed E-state index contributed by atoms with van der Waals surface area (Å²) in [5.41, 5.74) is 1.31. The molecule has 0 bridgehead atoms. The van der Waals surface area contributed by atoms with Gasteiger partial charge in [0.15, 0.2) is 11.6 Å². The van der Waals surface area contributed by atoms with Crippen molar-refractivity contribution in [2.75, 3.05) is 25.9 Å². The smallest absolute Gasteiger partial charge is 0.240 e. The van der Waals surface area contributed by atoms with E-state index in [0.717, 1.165) is 44.6 Å². The molecule has 0 unspecified atom stereocenters. The van der Waals surface area contributed by atoms with Gasteiger partial charge in [-0.2, -0.15) is 0 Å². The Kier molecular flexibility index (Phi) is 7.09. The summed E-state index contributed by atoms with van der Waals surface area (Å²) in [4.78, 5) is 3.41. The molecule has 2 aromatic rings. The summed E-state index contributed by atoms with van der Waals surface area (Å²) in [5, 5.41) is 0. The Hall–Kier alpha value is -1.48. The molecule has 0 aromatic heterocycles. The van der Waals surface area contributed by atoms with E-state index in [9.17, 15) is 17.2 Å². The van der Waals surface area contributed by atoms with Crippen LogP contribution >= 0.6 is 11.8 Å². The molecule has 0 radical (unpaired) electrons. The number of thioether (sulfide) groups is 1. The maximum atomic E-state index is 13.3. The zero-order valence-corrected chi connectivity index (χ0v) is 17.3. The van der Waals surface area contributed by atoms with Gasteiger partial charge in [-0.25, -0.2) is 21.9 Å². The number of hydrogen-bond acceptors (Lipinski definition) is 4. The quantitative estimate of drug-likeness (QED) is 0.683. The number of likely N-dealkylation sites (tertiary alicyclic amines) is 1. The first-order chi connectivity index (χ1) is 13.4. The molecule has 152 valence electrons. The van der Waals surface area contributed by atoms with Crippen LogP contribution in [-0.4, -0.2) is 39.2 Å². The fraction of sp³-hybridized carbons (Fsp3) is 0.400. The van der Waals surface area contributed by atoms with Crippen LogP contribution in [0.5, 0.6) is 0 Å². The second-order valence-corrected chi connectivity index (χ2v) is 9.57. The van der Waals surface area contributed by atoms with Gasteiger partial charge in [0.2, 0.25) is 10.0 Å². The highest BCUT2D eigenvalue weighted by Crippen LogP contribution is 2.24. The van der Waals surface area contributed by atoms with Gasteiger partial charge >= 0.3 is 0 Å². The number of rotatable bonds is 7. The van der Waals surface area contributed by atoms with Crippen molar-refractivity contribution in [2.45, 2.75) is 29.2 Å². The SMILES string of the molecule is CSc1ccccc1CN1CCC(CNS(=O)(=O)c2ccc(F)c(F)c2)CC1. The molecule has 4 nitrogen and oxygen atoms in total. The molecule has 0 amide bonds. The van der Waals surface area contributed by atoms with Crippen molar-refractivity contribution < 1.29 is 17.2 Å². The molecule has 1 heterocycles. The summed E-state index contributed by atoms with van der Waals surface area (Å²) >= 11 is 1.74. The molecule has 0 saturated carbocycles. The maximum absolute atomic E-state index is 13.3. The van der Waals surface area contributed by atoms with E-state index in [-0.39, 0.29) is 10.8 Å². The van der Waals surface area contributed by atoms with Crippen molar-refractivity contribution in [3.05, 3.63) is 59.7 Å². The fourth-order valence-electron chi connectivity index (χ4n) is 3.38. The van der Waals surface area contributed by atoms with E-state index in [4.69, 9.17) is 0 Å². The van der Waals surface area contributed by atoms with Crippen LogP contribution < -0.4 is 4.72 Å². The zero-order chi connectivity index (χ0) is 20.1. The van der Waals surface area contributed by atoms with E-state index in [1.807, 2.05) is 6.07 Å². The van der Waals surface area contributed by atoms with Gasteiger partial charge in [-0.15, -0.1) is 11.8 Å². The molecule has 0 spiro atoms. The minimum absolute atomic E-state index is 0.229. The average Bonchev–Trinajstić information content (AvgIpc) is 2.70. The number of nitrogens with one attached hydrogen (secondary N) is 1. The predicted molar refractivity (Wildman–Crippen MR) is 108 cm³/mol. The van der Waals surface area contributed by atoms with E-state index in [1.54, 1.807) is 11.8 Å². The van der Waals surface area contributed by atoms with Crippen LogP contribution in [0.4, 0.5) is 8.78 Å². The lowest BCUT2D eigenvalue weighted by Crippen LogP contribution is -2.38. The van der Waals surface area contributed by atoms with Gasteiger partial charge in [-0.1, -0.05) is 18.2 Å². The molecule has 28 heavy (non-hydrogen) atoms. The molecule has 1 aliphatic rings. The largest absolute Gasteiger partial charge is 0.299 e. The lowest BCUT2D eigenvalue weighted by atomic mass is 9.97. The molecule has 0 atom stereocenters. The normalized spacial score (nSPS) is 16.4. The van der Waals surface area contributed by atoms with Gasteiger partial charge in [0.05, 0.1) is 4.90 Å². The van der Waals surface area contributed by atoms with Crippen LogP contribution in [0.15, 0.2) is 52.3 Å². The minimum atomic E-state index is -3.84. The molecular formula is C20H24F2N2O2S2. The minimum Gasteiger partial charge on any atom is -0.299 e. The number of piperidine rings is 1. The van der Waals surface area contributed by atoms with Crippen molar-refractivity contribution in [2.24, 2.45) is 5.92 Å². The first kappa shape index (κ1) is 21.2. The van der Waals surface area contributed by atoms with Crippen LogP contribution in [0.3, 0.4) is 0 Å². The monoisotopic (exact) mass is 426 g/mol. The Morgan fingerprint density at radius 3 is 2.50 bits per heavy atom. The van der Waals surface area contributed by atoms with Crippen molar-refractivity contribution in [1.29, 1.82) is 0 Å². The summed E-state index contributed by atoms with van der Waals surface area (Å²) in [7, 11) is -3.84. The second-order valence-electron chi connectivity index (χ2n) is 6.96.